The number of anilines is 1. The van der Waals surface area contributed by atoms with Crippen LogP contribution in [0, 0.1) is 0 Å². The SMILES string of the molecule is COCCNC(=O)N1CCN(c2ccc(C(=O)OC)cc2)CC1C. The minimum atomic E-state index is -0.340. The van der Waals surface area contributed by atoms with Crippen molar-refractivity contribution >= 4 is 17.7 Å². The molecule has 1 fully saturated rings. The number of urea groups is 1. The summed E-state index contributed by atoms with van der Waals surface area (Å²) in [6.45, 7) is 5.20. The number of carbonyl (C=O) groups excluding carboxylic acids is 2. The zero-order chi connectivity index (χ0) is 17.5. The van der Waals surface area contributed by atoms with E-state index < -0.39 is 0 Å². The molecule has 0 saturated carbocycles. The van der Waals surface area contributed by atoms with Gasteiger partial charge in [0.05, 0.1) is 19.3 Å². The van der Waals surface area contributed by atoms with Gasteiger partial charge >= 0.3 is 12.0 Å². The summed E-state index contributed by atoms with van der Waals surface area (Å²) in [4.78, 5) is 27.7. The molecular formula is C17H25N3O4. The van der Waals surface area contributed by atoms with Gasteiger partial charge in [-0.1, -0.05) is 0 Å². The van der Waals surface area contributed by atoms with Crippen LogP contribution in [0.5, 0.6) is 0 Å². The summed E-state index contributed by atoms with van der Waals surface area (Å²) in [7, 11) is 2.98. The summed E-state index contributed by atoms with van der Waals surface area (Å²) in [5.74, 6) is -0.340. The number of methoxy groups -OCH3 is 2. The number of benzene rings is 1. The third-order valence-electron chi connectivity index (χ3n) is 4.12. The van der Waals surface area contributed by atoms with E-state index in [1.165, 1.54) is 7.11 Å². The molecular weight excluding hydrogens is 310 g/mol. The molecule has 0 aliphatic carbocycles. The molecule has 1 saturated heterocycles. The van der Waals surface area contributed by atoms with Crippen LogP contribution in [0.4, 0.5) is 10.5 Å². The third kappa shape index (κ3) is 4.38. The Bertz CT molecular complexity index is 561. The molecule has 1 aliphatic rings. The van der Waals surface area contributed by atoms with E-state index in [2.05, 4.69) is 10.2 Å². The molecule has 1 heterocycles. The Kier molecular flexibility index (Phi) is 6.43. The number of nitrogens with one attached hydrogen (secondary N) is 1. The van der Waals surface area contributed by atoms with Gasteiger partial charge in [0.25, 0.3) is 0 Å². The van der Waals surface area contributed by atoms with Gasteiger partial charge in [-0.3, -0.25) is 0 Å². The molecule has 1 aromatic rings. The van der Waals surface area contributed by atoms with Crippen LogP contribution in [0.15, 0.2) is 24.3 Å². The Hall–Kier alpha value is -2.28. The van der Waals surface area contributed by atoms with Crippen molar-refractivity contribution < 1.29 is 19.1 Å². The van der Waals surface area contributed by atoms with Crippen LogP contribution < -0.4 is 10.2 Å². The number of rotatable bonds is 5. The number of ether oxygens (including phenoxy) is 2. The smallest absolute Gasteiger partial charge is 0.337 e. The molecule has 0 aromatic heterocycles. The summed E-state index contributed by atoms with van der Waals surface area (Å²) in [5.41, 5.74) is 1.57. The second-order valence-corrected chi connectivity index (χ2v) is 5.75. The predicted octanol–water partition coefficient (Wildman–Crippen LogP) is 1.34. The maximum absolute atomic E-state index is 12.2. The van der Waals surface area contributed by atoms with E-state index in [1.54, 1.807) is 19.2 Å². The minimum absolute atomic E-state index is 0.0553. The lowest BCUT2D eigenvalue weighted by molar-refractivity contribution is 0.0600. The topological polar surface area (TPSA) is 71.1 Å². The van der Waals surface area contributed by atoms with E-state index in [-0.39, 0.29) is 18.0 Å². The lowest BCUT2D eigenvalue weighted by Crippen LogP contribution is -2.56. The normalized spacial score (nSPS) is 17.5. The van der Waals surface area contributed by atoms with E-state index in [9.17, 15) is 9.59 Å². The Labute approximate surface area is 142 Å². The first kappa shape index (κ1) is 18.1. The minimum Gasteiger partial charge on any atom is -0.465 e. The van der Waals surface area contributed by atoms with Crippen molar-refractivity contribution in [2.45, 2.75) is 13.0 Å². The van der Waals surface area contributed by atoms with Crippen LogP contribution in [0.2, 0.25) is 0 Å². The summed E-state index contributed by atoms with van der Waals surface area (Å²) in [6.07, 6.45) is 0. The largest absolute Gasteiger partial charge is 0.465 e. The molecule has 0 spiro atoms. The molecule has 1 unspecified atom stereocenters. The second kappa shape index (κ2) is 8.54. The van der Waals surface area contributed by atoms with Crippen LogP contribution in [0.25, 0.3) is 0 Å². The Balaban J connectivity index is 1.92. The first-order chi connectivity index (χ1) is 11.6. The highest BCUT2D eigenvalue weighted by Crippen LogP contribution is 2.20. The van der Waals surface area contributed by atoms with Gasteiger partial charge in [-0.25, -0.2) is 9.59 Å². The fraction of sp³-hybridized carbons (Fsp3) is 0.529. The molecule has 2 rings (SSSR count). The zero-order valence-electron chi connectivity index (χ0n) is 14.4. The van der Waals surface area contributed by atoms with Gasteiger partial charge in [-0.15, -0.1) is 0 Å². The molecule has 132 valence electrons. The maximum Gasteiger partial charge on any atom is 0.337 e. The van der Waals surface area contributed by atoms with Gasteiger partial charge in [0.2, 0.25) is 0 Å². The number of amides is 2. The zero-order valence-corrected chi connectivity index (χ0v) is 14.4. The number of nitrogens with zero attached hydrogens (tertiary/aromatic N) is 2. The molecule has 7 nitrogen and oxygen atoms in total. The van der Waals surface area contributed by atoms with Crippen molar-refractivity contribution in [3.63, 3.8) is 0 Å². The average molecular weight is 335 g/mol. The Morgan fingerprint density at radius 1 is 1.21 bits per heavy atom. The number of esters is 1. The van der Waals surface area contributed by atoms with Gasteiger partial charge in [0.15, 0.2) is 0 Å². The van der Waals surface area contributed by atoms with Crippen molar-refractivity contribution in [2.75, 3.05) is 51.9 Å². The predicted molar refractivity (Wildman–Crippen MR) is 91.4 cm³/mol. The number of hydrogen-bond acceptors (Lipinski definition) is 5. The van der Waals surface area contributed by atoms with Gasteiger partial charge in [-0.2, -0.15) is 0 Å². The van der Waals surface area contributed by atoms with Crippen molar-refractivity contribution in [1.82, 2.24) is 10.2 Å². The van der Waals surface area contributed by atoms with E-state index in [0.29, 0.717) is 25.3 Å². The second-order valence-electron chi connectivity index (χ2n) is 5.75. The average Bonchev–Trinajstić information content (AvgIpc) is 2.61. The van der Waals surface area contributed by atoms with Crippen molar-refractivity contribution in [1.29, 1.82) is 0 Å². The number of piperazine rings is 1. The summed E-state index contributed by atoms with van der Waals surface area (Å²) < 4.78 is 9.65. The highest BCUT2D eigenvalue weighted by Gasteiger charge is 2.27. The standard InChI is InChI=1S/C17H25N3O4/c1-13-12-19(9-10-20(13)17(22)18-8-11-23-2)15-6-4-14(5-7-15)16(21)24-3/h4-7,13H,8-12H2,1-3H3,(H,18,22). The van der Waals surface area contributed by atoms with Crippen LogP contribution in [0.3, 0.4) is 0 Å². The fourth-order valence-corrected chi connectivity index (χ4v) is 2.78. The number of hydrogen-bond donors (Lipinski definition) is 1. The highest BCUT2D eigenvalue weighted by molar-refractivity contribution is 5.89. The van der Waals surface area contributed by atoms with Crippen molar-refractivity contribution in [3.8, 4) is 0 Å². The highest BCUT2D eigenvalue weighted by atomic mass is 16.5. The molecule has 1 aliphatic heterocycles. The van der Waals surface area contributed by atoms with Crippen molar-refractivity contribution in [2.24, 2.45) is 0 Å². The van der Waals surface area contributed by atoms with E-state index in [4.69, 9.17) is 9.47 Å². The Morgan fingerprint density at radius 2 is 1.92 bits per heavy atom. The van der Waals surface area contributed by atoms with Crippen molar-refractivity contribution in [3.05, 3.63) is 29.8 Å². The molecule has 0 bridgehead atoms. The van der Waals surface area contributed by atoms with Crippen LogP contribution in [-0.2, 0) is 9.47 Å². The molecule has 1 atom stereocenters. The molecule has 0 radical (unpaired) electrons. The summed E-state index contributed by atoms with van der Waals surface area (Å²) >= 11 is 0. The molecule has 1 aromatic carbocycles. The summed E-state index contributed by atoms with van der Waals surface area (Å²) in [5, 5.41) is 2.86. The maximum atomic E-state index is 12.2. The van der Waals surface area contributed by atoms with Gasteiger partial charge in [0.1, 0.15) is 0 Å². The van der Waals surface area contributed by atoms with E-state index >= 15 is 0 Å². The first-order valence-electron chi connectivity index (χ1n) is 8.03. The molecule has 7 heteroatoms. The van der Waals surface area contributed by atoms with Gasteiger partial charge in [-0.05, 0) is 31.2 Å². The van der Waals surface area contributed by atoms with Crippen LogP contribution >= 0.6 is 0 Å². The van der Waals surface area contributed by atoms with E-state index in [0.717, 1.165) is 18.8 Å². The quantitative estimate of drug-likeness (QED) is 0.649. The third-order valence-corrected chi connectivity index (χ3v) is 4.12. The first-order valence-corrected chi connectivity index (χ1v) is 8.03. The molecule has 2 amide bonds. The Morgan fingerprint density at radius 3 is 2.50 bits per heavy atom. The monoisotopic (exact) mass is 335 g/mol. The van der Waals surface area contributed by atoms with E-state index in [1.807, 2.05) is 24.0 Å². The van der Waals surface area contributed by atoms with Gasteiger partial charge < -0.3 is 24.6 Å². The van der Waals surface area contributed by atoms with Crippen LogP contribution in [-0.4, -0.2) is 69.9 Å². The molecule has 24 heavy (non-hydrogen) atoms. The van der Waals surface area contributed by atoms with Crippen LogP contribution in [0.1, 0.15) is 17.3 Å². The lowest BCUT2D eigenvalue weighted by Gasteiger charge is -2.40. The van der Waals surface area contributed by atoms with Gasteiger partial charge in [0, 0.05) is 45.0 Å². The summed E-state index contributed by atoms with van der Waals surface area (Å²) in [6, 6.07) is 7.38. The lowest BCUT2D eigenvalue weighted by atomic mass is 10.1. The fourth-order valence-electron chi connectivity index (χ4n) is 2.78. The molecule has 1 N–H and O–H groups in total. The number of carbonyl (C=O) groups is 2.